The molecule has 1 aliphatic rings. The largest absolute Gasteiger partial charge is 0.400 e. The maximum atomic E-state index is 7.00. The molecule has 0 radical (unpaired) electrons. The average molecular weight is 350 g/mol. The van der Waals surface area contributed by atoms with Crippen molar-refractivity contribution in [1.29, 1.82) is 0 Å². The lowest BCUT2D eigenvalue weighted by molar-refractivity contribution is 0.0503. The van der Waals surface area contributed by atoms with Crippen LogP contribution in [-0.2, 0) is 11.2 Å². The average Bonchev–Trinajstić information content (AvgIpc) is 2.66. The van der Waals surface area contributed by atoms with E-state index in [9.17, 15) is 0 Å². The van der Waals surface area contributed by atoms with E-state index in [4.69, 9.17) is 9.84 Å². The summed E-state index contributed by atoms with van der Waals surface area (Å²) in [4.78, 5) is 2.27. The first-order valence-corrected chi connectivity index (χ1v) is 9.17. The van der Waals surface area contributed by atoms with Crippen LogP contribution in [0.25, 0.3) is 0 Å². The Bertz CT molecular complexity index is 444. The van der Waals surface area contributed by atoms with Crippen LogP contribution in [0.4, 0.5) is 0 Å². The van der Waals surface area contributed by atoms with Gasteiger partial charge in [0, 0.05) is 20.2 Å². The fraction of sp³-hybridized carbons (Fsp3) is 0.545. The zero-order valence-corrected chi connectivity index (χ0v) is 17.4. The zero-order chi connectivity index (χ0) is 19.5. The summed E-state index contributed by atoms with van der Waals surface area (Å²) >= 11 is 0. The molecule has 0 bridgehead atoms. The van der Waals surface area contributed by atoms with E-state index >= 15 is 0 Å². The quantitative estimate of drug-likeness (QED) is 0.807. The number of allylic oxidation sites excluding steroid dienone is 4. The Kier molecular flexibility index (Phi) is 19.5. The van der Waals surface area contributed by atoms with Gasteiger partial charge in [-0.2, -0.15) is 0 Å². The minimum Gasteiger partial charge on any atom is -0.400 e. The summed E-state index contributed by atoms with van der Waals surface area (Å²) in [5.41, 5.74) is 4.10. The van der Waals surface area contributed by atoms with Gasteiger partial charge in [0.25, 0.3) is 0 Å². The molecule has 1 saturated heterocycles. The molecule has 3 nitrogen and oxygen atoms in total. The molecule has 0 saturated carbocycles. The molecule has 1 aliphatic heterocycles. The van der Waals surface area contributed by atoms with Gasteiger partial charge in [-0.25, -0.2) is 0 Å². The van der Waals surface area contributed by atoms with Gasteiger partial charge in [-0.15, -0.1) is 0 Å². The second kappa shape index (κ2) is 18.9. The lowest BCUT2D eigenvalue weighted by Crippen LogP contribution is -2.32. The Balaban J connectivity index is 0. The highest BCUT2D eigenvalue weighted by Gasteiger charge is 2.02. The van der Waals surface area contributed by atoms with Gasteiger partial charge in [0.1, 0.15) is 0 Å². The second-order valence-electron chi connectivity index (χ2n) is 5.62. The Hall–Kier alpha value is -1.42. The van der Waals surface area contributed by atoms with Crippen molar-refractivity contribution in [2.24, 2.45) is 0 Å². The van der Waals surface area contributed by atoms with Crippen LogP contribution < -0.4 is 0 Å². The van der Waals surface area contributed by atoms with Crippen molar-refractivity contribution in [3.63, 3.8) is 0 Å². The highest BCUT2D eigenvalue weighted by atomic mass is 16.5. The molecule has 3 heteroatoms. The number of rotatable bonds is 3. The second-order valence-corrected chi connectivity index (χ2v) is 5.62. The molecule has 0 unspecified atom stereocenters. The van der Waals surface area contributed by atoms with Gasteiger partial charge in [0.15, 0.2) is 0 Å². The molecule has 1 heterocycles. The van der Waals surface area contributed by atoms with Gasteiger partial charge in [-0.05, 0) is 39.8 Å². The molecule has 1 aromatic carbocycles. The molecule has 0 atom stereocenters. The van der Waals surface area contributed by atoms with E-state index in [0.717, 1.165) is 39.8 Å². The van der Waals surface area contributed by atoms with Gasteiger partial charge >= 0.3 is 0 Å². The Morgan fingerprint density at radius 3 is 2.04 bits per heavy atom. The van der Waals surface area contributed by atoms with Crippen molar-refractivity contribution in [3.05, 3.63) is 59.2 Å². The Labute approximate surface area is 156 Å². The molecule has 1 aromatic rings. The van der Waals surface area contributed by atoms with E-state index < -0.39 is 0 Å². The van der Waals surface area contributed by atoms with Crippen molar-refractivity contribution in [3.8, 4) is 0 Å². The normalized spacial score (nSPS) is 14.5. The molecular formula is C22H39NO2. The molecular weight excluding hydrogens is 310 g/mol. The fourth-order valence-electron chi connectivity index (χ4n) is 2.00. The molecule has 0 aliphatic carbocycles. The van der Waals surface area contributed by atoms with Gasteiger partial charge in [-0.3, -0.25) is 0 Å². The Morgan fingerprint density at radius 2 is 1.64 bits per heavy atom. The molecule has 0 spiro atoms. The van der Waals surface area contributed by atoms with Crippen molar-refractivity contribution < 1.29 is 9.84 Å². The number of morpholine rings is 1. The molecule has 25 heavy (non-hydrogen) atoms. The summed E-state index contributed by atoms with van der Waals surface area (Å²) in [6, 6.07) is 8.72. The first-order chi connectivity index (χ1) is 12.1. The summed E-state index contributed by atoms with van der Waals surface area (Å²) in [5.74, 6) is 0. The van der Waals surface area contributed by atoms with Crippen LogP contribution in [0.2, 0.25) is 0 Å². The predicted octanol–water partition coefficient (Wildman–Crippen LogP) is 4.64. The lowest BCUT2D eigenvalue weighted by atomic mass is 10.0. The maximum absolute atomic E-state index is 7.00. The molecule has 0 amide bonds. The SMILES string of the molecule is C/C=C\C=C(/C)Cc1ccc(C)cc1.CC.CN1CCOCC1.CO. The number of hydrogen-bond acceptors (Lipinski definition) is 3. The van der Waals surface area contributed by atoms with E-state index in [1.807, 2.05) is 20.8 Å². The van der Waals surface area contributed by atoms with Gasteiger partial charge in [-0.1, -0.05) is 67.5 Å². The van der Waals surface area contributed by atoms with E-state index in [0.29, 0.717) is 0 Å². The van der Waals surface area contributed by atoms with E-state index in [1.54, 1.807) is 0 Å². The number of ether oxygens (including phenoxy) is 1. The standard InChI is InChI=1S/C14H18.C5H11NO.C2H6.CH4O/c1-4-5-6-13(3)11-14-9-7-12(2)8-10-14;1-6-2-4-7-5-3-6;2*1-2/h4-10H,11H2,1-3H3;2-5H2,1H3;1-2H3;2H,1H3/b5-4-,13-6+;;;. The monoisotopic (exact) mass is 349 g/mol. The van der Waals surface area contributed by atoms with Crippen molar-refractivity contribution in [1.82, 2.24) is 4.90 Å². The zero-order valence-electron chi connectivity index (χ0n) is 17.4. The number of hydrogen-bond donors (Lipinski definition) is 1. The van der Waals surface area contributed by atoms with Gasteiger partial charge < -0.3 is 14.7 Å². The highest BCUT2D eigenvalue weighted by Crippen LogP contribution is 2.09. The molecule has 0 aromatic heterocycles. The number of aliphatic hydroxyl groups excluding tert-OH is 1. The predicted molar refractivity (Wildman–Crippen MR) is 111 cm³/mol. The smallest absolute Gasteiger partial charge is 0.0594 e. The maximum Gasteiger partial charge on any atom is 0.0594 e. The number of likely N-dealkylation sites (N-methyl/N-ethyl adjacent to an activating group) is 1. The van der Waals surface area contributed by atoms with Crippen LogP contribution in [0.3, 0.4) is 0 Å². The number of aryl methyl sites for hydroxylation is 1. The van der Waals surface area contributed by atoms with Crippen molar-refractivity contribution in [2.45, 2.75) is 41.0 Å². The topological polar surface area (TPSA) is 32.7 Å². The van der Waals surface area contributed by atoms with E-state index in [-0.39, 0.29) is 0 Å². The summed E-state index contributed by atoms with van der Waals surface area (Å²) in [7, 11) is 3.11. The van der Waals surface area contributed by atoms with Crippen LogP contribution in [-0.4, -0.2) is 50.5 Å². The van der Waals surface area contributed by atoms with Crippen LogP contribution in [0, 0.1) is 6.92 Å². The van der Waals surface area contributed by atoms with Crippen molar-refractivity contribution >= 4 is 0 Å². The van der Waals surface area contributed by atoms with Crippen LogP contribution >= 0.6 is 0 Å². The number of aliphatic hydroxyl groups is 1. The number of nitrogens with zero attached hydrogens (tertiary/aromatic N) is 1. The first-order valence-electron chi connectivity index (χ1n) is 9.17. The number of benzene rings is 1. The Morgan fingerprint density at radius 1 is 1.12 bits per heavy atom. The van der Waals surface area contributed by atoms with Gasteiger partial charge in [0.05, 0.1) is 13.2 Å². The van der Waals surface area contributed by atoms with E-state index in [1.165, 1.54) is 16.7 Å². The third-order valence-electron chi connectivity index (χ3n) is 3.41. The summed E-state index contributed by atoms with van der Waals surface area (Å²) in [6.45, 7) is 14.3. The van der Waals surface area contributed by atoms with Crippen LogP contribution in [0.5, 0.6) is 0 Å². The van der Waals surface area contributed by atoms with Crippen LogP contribution in [0.1, 0.15) is 38.8 Å². The molecule has 2 rings (SSSR count). The highest BCUT2D eigenvalue weighted by molar-refractivity contribution is 5.26. The summed E-state index contributed by atoms with van der Waals surface area (Å²) < 4.78 is 5.10. The lowest BCUT2D eigenvalue weighted by Gasteiger charge is -2.21. The minimum atomic E-state index is 0.913. The summed E-state index contributed by atoms with van der Waals surface area (Å²) in [5, 5.41) is 7.00. The van der Waals surface area contributed by atoms with Crippen LogP contribution in [0.15, 0.2) is 48.1 Å². The summed E-state index contributed by atoms with van der Waals surface area (Å²) in [6.07, 6.45) is 7.35. The fourth-order valence-corrected chi connectivity index (χ4v) is 2.00. The van der Waals surface area contributed by atoms with Gasteiger partial charge in [0.2, 0.25) is 0 Å². The molecule has 144 valence electrons. The third-order valence-corrected chi connectivity index (χ3v) is 3.41. The molecule has 1 fully saturated rings. The first kappa shape index (κ1) is 25.8. The van der Waals surface area contributed by atoms with Crippen molar-refractivity contribution in [2.75, 3.05) is 40.5 Å². The molecule has 1 N–H and O–H groups in total. The third kappa shape index (κ3) is 15.8. The minimum absolute atomic E-state index is 0.913. The van der Waals surface area contributed by atoms with E-state index in [2.05, 4.69) is 68.3 Å².